The SMILES string of the molecule is Cc1c(-c2ccccc2)cc(C(C)(C)C)cc1-c1ccc2c(c1C)C1C=C(C3=CC=CCC3)C(C)CN1C2. The van der Waals surface area contributed by atoms with Crippen molar-refractivity contribution in [2.75, 3.05) is 6.54 Å². The van der Waals surface area contributed by atoms with Crippen LogP contribution in [0.5, 0.6) is 0 Å². The van der Waals surface area contributed by atoms with E-state index < -0.39 is 0 Å². The Morgan fingerprint density at radius 2 is 1.63 bits per heavy atom. The minimum atomic E-state index is 0.0761. The van der Waals surface area contributed by atoms with Crippen molar-refractivity contribution < 1.29 is 0 Å². The fourth-order valence-corrected chi connectivity index (χ4v) is 6.89. The van der Waals surface area contributed by atoms with E-state index in [4.69, 9.17) is 0 Å². The Bertz CT molecular complexity index is 1480. The van der Waals surface area contributed by atoms with Gasteiger partial charge in [0.05, 0.1) is 6.04 Å². The monoisotopic (exact) mass is 499 g/mol. The zero-order valence-electron chi connectivity index (χ0n) is 23.9. The van der Waals surface area contributed by atoms with Gasteiger partial charge in [-0.3, -0.25) is 4.90 Å². The largest absolute Gasteiger partial charge is 0.288 e. The smallest absolute Gasteiger partial charge is 0.0546 e. The van der Waals surface area contributed by atoms with Gasteiger partial charge >= 0.3 is 0 Å². The van der Waals surface area contributed by atoms with E-state index >= 15 is 0 Å². The maximum absolute atomic E-state index is 2.70. The summed E-state index contributed by atoms with van der Waals surface area (Å²) in [5.41, 5.74) is 15.9. The highest BCUT2D eigenvalue weighted by Crippen LogP contribution is 2.47. The summed E-state index contributed by atoms with van der Waals surface area (Å²) < 4.78 is 0. The van der Waals surface area contributed by atoms with E-state index in [-0.39, 0.29) is 5.41 Å². The van der Waals surface area contributed by atoms with E-state index in [0.717, 1.165) is 19.5 Å². The summed E-state index contributed by atoms with van der Waals surface area (Å²) in [4.78, 5) is 2.70. The predicted octanol–water partition coefficient (Wildman–Crippen LogP) is 9.64. The third kappa shape index (κ3) is 4.31. The molecule has 3 aromatic rings. The molecule has 194 valence electrons. The van der Waals surface area contributed by atoms with Crippen molar-refractivity contribution in [3.8, 4) is 22.3 Å². The molecular formula is C37H41N. The van der Waals surface area contributed by atoms with E-state index in [0.29, 0.717) is 12.0 Å². The fourth-order valence-electron chi connectivity index (χ4n) is 6.89. The Morgan fingerprint density at radius 1 is 0.868 bits per heavy atom. The summed E-state index contributed by atoms with van der Waals surface area (Å²) >= 11 is 0. The molecule has 0 saturated carbocycles. The number of nitrogens with zero attached hydrogens (tertiary/aromatic N) is 1. The molecule has 1 nitrogen and oxygen atoms in total. The molecule has 0 amide bonds. The summed E-state index contributed by atoms with van der Waals surface area (Å²) in [6, 6.07) is 21.0. The highest BCUT2D eigenvalue weighted by Gasteiger charge is 2.36. The Morgan fingerprint density at radius 3 is 2.34 bits per heavy atom. The van der Waals surface area contributed by atoms with Crippen molar-refractivity contribution in [1.29, 1.82) is 0 Å². The zero-order valence-corrected chi connectivity index (χ0v) is 23.9. The summed E-state index contributed by atoms with van der Waals surface area (Å²) in [5.74, 6) is 0.581. The van der Waals surface area contributed by atoms with Gasteiger partial charge in [0.15, 0.2) is 0 Å². The molecule has 2 heterocycles. The van der Waals surface area contributed by atoms with Crippen LogP contribution in [0.15, 0.2) is 90.0 Å². The zero-order chi connectivity index (χ0) is 26.6. The van der Waals surface area contributed by atoms with E-state index in [9.17, 15) is 0 Å². The Hall–Kier alpha value is -3.16. The number of benzene rings is 3. The van der Waals surface area contributed by atoms with Gasteiger partial charge in [-0.25, -0.2) is 0 Å². The third-order valence-electron chi connectivity index (χ3n) is 9.08. The standard InChI is InChI=1S/C37H41N/c1-24-22-38-23-29-17-18-31(26(3)36(29)35(38)21-32(24)27-13-9-7-10-14-27)34-20-30(37(4,5)6)19-33(25(34)2)28-15-11-8-12-16-28/h7-9,11-13,15-21,24,35H,10,14,22-23H2,1-6H3. The highest BCUT2D eigenvalue weighted by molar-refractivity contribution is 5.82. The van der Waals surface area contributed by atoms with Gasteiger partial charge < -0.3 is 0 Å². The molecule has 2 aliphatic heterocycles. The molecule has 0 radical (unpaired) electrons. The van der Waals surface area contributed by atoms with Gasteiger partial charge in [0.25, 0.3) is 0 Å². The van der Waals surface area contributed by atoms with E-state index in [1.807, 2.05) is 0 Å². The summed E-state index contributed by atoms with van der Waals surface area (Å²) in [6.07, 6.45) is 11.8. The molecule has 0 N–H and O–H groups in total. The highest BCUT2D eigenvalue weighted by atomic mass is 15.2. The van der Waals surface area contributed by atoms with Crippen LogP contribution in [0.4, 0.5) is 0 Å². The van der Waals surface area contributed by atoms with Gasteiger partial charge in [0, 0.05) is 13.1 Å². The number of allylic oxidation sites excluding steroid dienone is 4. The number of hydrogen-bond acceptors (Lipinski definition) is 1. The van der Waals surface area contributed by atoms with Crippen molar-refractivity contribution in [2.45, 2.75) is 72.4 Å². The van der Waals surface area contributed by atoms with Crippen LogP contribution in [-0.4, -0.2) is 11.4 Å². The van der Waals surface area contributed by atoms with Gasteiger partial charge in [-0.05, 0) is 99.2 Å². The maximum atomic E-state index is 2.70. The Kier molecular flexibility index (Phi) is 6.31. The lowest BCUT2D eigenvalue weighted by molar-refractivity contribution is 0.210. The number of rotatable bonds is 3. The van der Waals surface area contributed by atoms with Crippen molar-refractivity contribution in [2.24, 2.45) is 5.92 Å². The first-order valence-corrected chi connectivity index (χ1v) is 14.4. The van der Waals surface area contributed by atoms with Crippen LogP contribution >= 0.6 is 0 Å². The van der Waals surface area contributed by atoms with Gasteiger partial charge in [0.1, 0.15) is 0 Å². The molecule has 3 aliphatic rings. The molecule has 2 atom stereocenters. The lowest BCUT2D eigenvalue weighted by atomic mass is 9.79. The second-order valence-electron chi connectivity index (χ2n) is 12.7. The second kappa shape index (κ2) is 9.54. The van der Waals surface area contributed by atoms with E-state index in [1.54, 1.807) is 16.7 Å². The molecular weight excluding hydrogens is 458 g/mol. The van der Waals surface area contributed by atoms with Crippen LogP contribution in [0.3, 0.4) is 0 Å². The van der Waals surface area contributed by atoms with Crippen LogP contribution in [0.1, 0.15) is 74.4 Å². The maximum Gasteiger partial charge on any atom is 0.0546 e. The van der Waals surface area contributed by atoms with Crippen LogP contribution < -0.4 is 0 Å². The second-order valence-corrected chi connectivity index (χ2v) is 12.7. The minimum Gasteiger partial charge on any atom is -0.288 e. The minimum absolute atomic E-state index is 0.0761. The molecule has 0 bridgehead atoms. The lowest BCUT2D eigenvalue weighted by Crippen LogP contribution is -2.32. The molecule has 0 aromatic heterocycles. The van der Waals surface area contributed by atoms with Crippen LogP contribution in [-0.2, 0) is 12.0 Å². The molecule has 0 spiro atoms. The summed E-state index contributed by atoms with van der Waals surface area (Å²) in [5, 5.41) is 0. The van der Waals surface area contributed by atoms with Gasteiger partial charge in [0.2, 0.25) is 0 Å². The summed E-state index contributed by atoms with van der Waals surface area (Å²) in [7, 11) is 0. The first-order valence-electron chi connectivity index (χ1n) is 14.4. The van der Waals surface area contributed by atoms with Crippen molar-refractivity contribution in [1.82, 2.24) is 4.90 Å². The molecule has 38 heavy (non-hydrogen) atoms. The van der Waals surface area contributed by atoms with Crippen molar-refractivity contribution in [3.05, 3.63) is 118 Å². The first-order chi connectivity index (χ1) is 18.2. The molecule has 1 heteroatoms. The van der Waals surface area contributed by atoms with Gasteiger partial charge in [-0.1, -0.05) is 107 Å². The fraction of sp³-hybridized carbons (Fsp3) is 0.351. The topological polar surface area (TPSA) is 3.24 Å². The quantitative estimate of drug-likeness (QED) is 0.347. The average molecular weight is 500 g/mol. The number of hydrogen-bond donors (Lipinski definition) is 0. The average Bonchev–Trinajstić information content (AvgIpc) is 3.27. The first kappa shape index (κ1) is 25.1. The lowest BCUT2D eigenvalue weighted by Gasteiger charge is -2.35. The van der Waals surface area contributed by atoms with Crippen molar-refractivity contribution in [3.63, 3.8) is 0 Å². The molecule has 2 unspecified atom stereocenters. The number of fused-ring (bicyclic) bond motifs is 3. The Labute approximate surface area is 229 Å². The third-order valence-corrected chi connectivity index (χ3v) is 9.08. The van der Waals surface area contributed by atoms with Gasteiger partial charge in [-0.15, -0.1) is 0 Å². The predicted molar refractivity (Wildman–Crippen MR) is 162 cm³/mol. The van der Waals surface area contributed by atoms with Gasteiger partial charge in [-0.2, -0.15) is 0 Å². The molecule has 0 saturated heterocycles. The van der Waals surface area contributed by atoms with Crippen LogP contribution in [0.25, 0.3) is 22.3 Å². The molecule has 0 fully saturated rings. The van der Waals surface area contributed by atoms with Crippen molar-refractivity contribution >= 4 is 0 Å². The van der Waals surface area contributed by atoms with Crippen LogP contribution in [0.2, 0.25) is 0 Å². The van der Waals surface area contributed by atoms with E-state index in [2.05, 4.69) is 125 Å². The molecule has 3 aromatic carbocycles. The summed E-state index contributed by atoms with van der Waals surface area (Å²) in [6.45, 7) is 16.3. The molecule has 1 aliphatic carbocycles. The van der Waals surface area contributed by atoms with Crippen LogP contribution in [0, 0.1) is 19.8 Å². The Balaban J connectivity index is 1.51. The van der Waals surface area contributed by atoms with E-state index in [1.165, 1.54) is 50.9 Å². The normalized spacial score (nSPS) is 21.1. The molecule has 6 rings (SSSR count).